The van der Waals surface area contributed by atoms with Crippen molar-refractivity contribution in [1.82, 2.24) is 14.8 Å². The van der Waals surface area contributed by atoms with Crippen molar-refractivity contribution < 1.29 is 5.11 Å². The first-order valence-electron chi connectivity index (χ1n) is 4.92. The van der Waals surface area contributed by atoms with Crippen LogP contribution in [-0.2, 0) is 6.61 Å². The van der Waals surface area contributed by atoms with Crippen molar-refractivity contribution in [2.24, 2.45) is 0 Å². The third-order valence-corrected chi connectivity index (χ3v) is 2.99. The molecule has 5 heteroatoms. The highest BCUT2D eigenvalue weighted by molar-refractivity contribution is 6.31. The van der Waals surface area contributed by atoms with Gasteiger partial charge in [-0.1, -0.05) is 17.7 Å². The summed E-state index contributed by atoms with van der Waals surface area (Å²) in [5.74, 6) is 0.623. The molecule has 4 nitrogen and oxygen atoms in total. The number of hydrogen-bond donors (Lipinski definition) is 1. The Bertz CT molecular complexity index is 522. The number of aliphatic hydroxyl groups is 1. The molecule has 16 heavy (non-hydrogen) atoms. The first-order chi connectivity index (χ1) is 7.65. The lowest BCUT2D eigenvalue weighted by atomic mass is 10.2. The Morgan fingerprint density at radius 1 is 1.44 bits per heavy atom. The molecule has 0 amide bonds. The monoisotopic (exact) mass is 237 g/mol. The molecule has 2 rings (SSSR count). The van der Waals surface area contributed by atoms with E-state index in [2.05, 4.69) is 10.1 Å². The van der Waals surface area contributed by atoms with Crippen molar-refractivity contribution >= 4 is 11.6 Å². The summed E-state index contributed by atoms with van der Waals surface area (Å²) in [6.45, 7) is 3.64. The van der Waals surface area contributed by atoms with Crippen molar-refractivity contribution in [2.45, 2.75) is 20.5 Å². The molecule has 0 fully saturated rings. The Morgan fingerprint density at radius 3 is 2.75 bits per heavy atom. The number of aliphatic hydroxyl groups excluding tert-OH is 1. The minimum absolute atomic E-state index is 0.0703. The van der Waals surface area contributed by atoms with Gasteiger partial charge < -0.3 is 5.11 Å². The van der Waals surface area contributed by atoms with Crippen LogP contribution in [0.3, 0.4) is 0 Å². The molecule has 2 heterocycles. The predicted octanol–water partition coefficient (Wildman–Crippen LogP) is 2.03. The summed E-state index contributed by atoms with van der Waals surface area (Å²) < 4.78 is 1.66. The summed E-state index contributed by atoms with van der Waals surface area (Å²) in [4.78, 5) is 4.22. The Kier molecular flexibility index (Phi) is 2.94. The summed E-state index contributed by atoms with van der Waals surface area (Å²) in [5, 5.41) is 14.2. The molecule has 0 unspecified atom stereocenters. The molecule has 0 aliphatic carbocycles. The SMILES string of the molecule is Cc1nn(-c2ncccc2CO)c(C)c1Cl. The summed E-state index contributed by atoms with van der Waals surface area (Å²) in [5.41, 5.74) is 2.31. The molecule has 0 aliphatic rings. The third kappa shape index (κ3) is 1.70. The Hall–Kier alpha value is -1.39. The van der Waals surface area contributed by atoms with E-state index in [1.54, 1.807) is 16.9 Å². The number of aryl methyl sites for hydroxylation is 1. The molecule has 2 aromatic heterocycles. The van der Waals surface area contributed by atoms with Crippen molar-refractivity contribution in [3.63, 3.8) is 0 Å². The van der Waals surface area contributed by atoms with Gasteiger partial charge in [0.2, 0.25) is 0 Å². The van der Waals surface area contributed by atoms with Crippen molar-refractivity contribution in [1.29, 1.82) is 0 Å². The first kappa shape index (κ1) is 11.1. The van der Waals surface area contributed by atoms with Crippen LogP contribution in [0.25, 0.3) is 5.82 Å². The van der Waals surface area contributed by atoms with Gasteiger partial charge >= 0.3 is 0 Å². The highest BCUT2D eigenvalue weighted by atomic mass is 35.5. The van der Waals surface area contributed by atoms with E-state index in [9.17, 15) is 5.11 Å². The van der Waals surface area contributed by atoms with Gasteiger partial charge in [0.05, 0.1) is 23.0 Å². The zero-order chi connectivity index (χ0) is 11.7. The molecule has 0 aliphatic heterocycles. The molecule has 2 aromatic rings. The van der Waals surface area contributed by atoms with Crippen LogP contribution in [0.15, 0.2) is 18.3 Å². The fourth-order valence-corrected chi connectivity index (χ4v) is 1.69. The van der Waals surface area contributed by atoms with Gasteiger partial charge in [-0.25, -0.2) is 9.67 Å². The van der Waals surface area contributed by atoms with Crippen LogP contribution in [0.2, 0.25) is 5.02 Å². The fourth-order valence-electron chi connectivity index (χ4n) is 1.57. The number of rotatable bonds is 2. The minimum Gasteiger partial charge on any atom is -0.392 e. The van der Waals surface area contributed by atoms with Crippen LogP contribution in [-0.4, -0.2) is 19.9 Å². The molecule has 0 spiro atoms. The molecular formula is C11H12ClN3O. The van der Waals surface area contributed by atoms with Crippen LogP contribution in [0, 0.1) is 13.8 Å². The van der Waals surface area contributed by atoms with Crippen LogP contribution in [0.1, 0.15) is 17.0 Å². The minimum atomic E-state index is -0.0703. The summed E-state index contributed by atoms with van der Waals surface area (Å²) in [7, 11) is 0. The Labute approximate surface area is 98.5 Å². The summed E-state index contributed by atoms with van der Waals surface area (Å²) in [6, 6.07) is 3.59. The van der Waals surface area contributed by atoms with E-state index >= 15 is 0 Å². The van der Waals surface area contributed by atoms with Gasteiger partial charge in [-0.05, 0) is 19.9 Å². The number of pyridine rings is 1. The van der Waals surface area contributed by atoms with E-state index in [0.717, 1.165) is 17.0 Å². The molecule has 84 valence electrons. The average Bonchev–Trinajstić information content (AvgIpc) is 2.57. The molecule has 0 bridgehead atoms. The maximum atomic E-state index is 9.23. The predicted molar refractivity (Wildman–Crippen MR) is 61.8 cm³/mol. The quantitative estimate of drug-likeness (QED) is 0.870. The van der Waals surface area contributed by atoms with Crippen LogP contribution in [0.4, 0.5) is 0 Å². The molecular weight excluding hydrogens is 226 g/mol. The largest absolute Gasteiger partial charge is 0.392 e. The average molecular weight is 238 g/mol. The number of halogens is 1. The Balaban J connectivity index is 2.63. The Morgan fingerprint density at radius 2 is 2.19 bits per heavy atom. The lowest BCUT2D eigenvalue weighted by molar-refractivity contribution is 0.280. The van der Waals surface area contributed by atoms with Crippen LogP contribution >= 0.6 is 11.6 Å². The summed E-state index contributed by atoms with van der Waals surface area (Å²) >= 11 is 6.07. The van der Waals surface area contributed by atoms with Gasteiger partial charge in [0.15, 0.2) is 5.82 Å². The number of nitrogens with zero attached hydrogens (tertiary/aromatic N) is 3. The zero-order valence-electron chi connectivity index (χ0n) is 9.11. The second-order valence-electron chi connectivity index (χ2n) is 3.54. The van der Waals surface area contributed by atoms with E-state index in [-0.39, 0.29) is 6.61 Å². The van der Waals surface area contributed by atoms with E-state index in [1.807, 2.05) is 19.9 Å². The van der Waals surface area contributed by atoms with Gasteiger partial charge in [-0.2, -0.15) is 5.10 Å². The van der Waals surface area contributed by atoms with E-state index in [1.165, 1.54) is 0 Å². The van der Waals surface area contributed by atoms with Gasteiger partial charge in [-0.15, -0.1) is 0 Å². The van der Waals surface area contributed by atoms with Gasteiger partial charge in [-0.3, -0.25) is 0 Å². The highest BCUT2D eigenvalue weighted by Gasteiger charge is 2.13. The second-order valence-corrected chi connectivity index (χ2v) is 3.92. The van der Waals surface area contributed by atoms with Crippen molar-refractivity contribution in [3.8, 4) is 5.82 Å². The van der Waals surface area contributed by atoms with Gasteiger partial charge in [0.1, 0.15) is 0 Å². The van der Waals surface area contributed by atoms with Crippen molar-refractivity contribution in [2.75, 3.05) is 0 Å². The molecule has 0 saturated heterocycles. The lowest BCUT2D eigenvalue weighted by Gasteiger charge is -2.07. The smallest absolute Gasteiger partial charge is 0.159 e. The molecule has 0 aromatic carbocycles. The third-order valence-electron chi connectivity index (χ3n) is 2.44. The molecule has 0 atom stereocenters. The lowest BCUT2D eigenvalue weighted by Crippen LogP contribution is -2.05. The molecule has 0 radical (unpaired) electrons. The van der Waals surface area contributed by atoms with Gasteiger partial charge in [0, 0.05) is 11.8 Å². The van der Waals surface area contributed by atoms with Crippen LogP contribution in [0.5, 0.6) is 0 Å². The number of hydrogen-bond acceptors (Lipinski definition) is 3. The van der Waals surface area contributed by atoms with Gasteiger partial charge in [0.25, 0.3) is 0 Å². The standard InChI is InChI=1S/C11H12ClN3O/c1-7-10(12)8(2)15(14-7)11-9(6-16)4-3-5-13-11/h3-5,16H,6H2,1-2H3. The fraction of sp³-hybridized carbons (Fsp3) is 0.273. The maximum absolute atomic E-state index is 9.23. The van der Waals surface area contributed by atoms with E-state index < -0.39 is 0 Å². The van der Waals surface area contributed by atoms with Crippen LogP contribution < -0.4 is 0 Å². The zero-order valence-corrected chi connectivity index (χ0v) is 9.86. The summed E-state index contributed by atoms with van der Waals surface area (Å²) in [6.07, 6.45) is 1.67. The second kappa shape index (κ2) is 4.23. The van der Waals surface area contributed by atoms with E-state index in [4.69, 9.17) is 11.6 Å². The number of aromatic nitrogens is 3. The highest BCUT2D eigenvalue weighted by Crippen LogP contribution is 2.22. The molecule has 0 saturated carbocycles. The topological polar surface area (TPSA) is 50.9 Å². The maximum Gasteiger partial charge on any atom is 0.159 e. The molecule has 1 N–H and O–H groups in total. The normalized spacial score (nSPS) is 10.8. The first-order valence-corrected chi connectivity index (χ1v) is 5.29. The van der Waals surface area contributed by atoms with Crippen molar-refractivity contribution in [3.05, 3.63) is 40.3 Å². The van der Waals surface area contributed by atoms with E-state index in [0.29, 0.717) is 10.8 Å².